The van der Waals surface area contributed by atoms with Gasteiger partial charge < -0.3 is 4.74 Å². The SMILES string of the molecule is COC(=O)/C=C/C=C/CCc1ccccc1. The van der Waals surface area contributed by atoms with Gasteiger partial charge in [0.2, 0.25) is 0 Å². The third-order valence-electron chi connectivity index (χ3n) is 2.12. The maximum atomic E-state index is 10.7. The molecular weight excluding hydrogens is 200 g/mol. The summed E-state index contributed by atoms with van der Waals surface area (Å²) in [5.74, 6) is -0.326. The van der Waals surface area contributed by atoms with E-state index in [-0.39, 0.29) is 5.97 Å². The maximum Gasteiger partial charge on any atom is 0.330 e. The molecule has 2 nitrogen and oxygen atoms in total. The van der Waals surface area contributed by atoms with Gasteiger partial charge in [-0.25, -0.2) is 4.79 Å². The number of aryl methyl sites for hydroxylation is 1. The lowest BCUT2D eigenvalue weighted by Crippen LogP contribution is -1.92. The summed E-state index contributed by atoms with van der Waals surface area (Å²) in [6.07, 6.45) is 8.97. The molecule has 0 aliphatic heterocycles. The molecule has 0 spiro atoms. The maximum absolute atomic E-state index is 10.7. The fraction of sp³-hybridized carbons (Fsp3) is 0.214. The van der Waals surface area contributed by atoms with Gasteiger partial charge in [0.25, 0.3) is 0 Å². The summed E-state index contributed by atoms with van der Waals surface area (Å²) in [6, 6.07) is 10.3. The molecule has 0 N–H and O–H groups in total. The van der Waals surface area contributed by atoms with Gasteiger partial charge in [-0.1, -0.05) is 48.6 Å². The zero-order chi connectivity index (χ0) is 11.6. The van der Waals surface area contributed by atoms with Crippen molar-refractivity contribution in [1.82, 2.24) is 0 Å². The van der Waals surface area contributed by atoms with E-state index < -0.39 is 0 Å². The van der Waals surface area contributed by atoms with E-state index in [0.717, 1.165) is 12.8 Å². The lowest BCUT2D eigenvalue weighted by Gasteiger charge is -1.95. The standard InChI is InChI=1S/C14H16O2/c1-16-14(15)12-8-3-2-5-9-13-10-6-4-7-11-13/h2-4,6-8,10-12H,5,9H2,1H3/b3-2+,12-8+. The lowest BCUT2D eigenvalue weighted by atomic mass is 10.1. The number of hydrogen-bond acceptors (Lipinski definition) is 2. The first-order chi connectivity index (χ1) is 7.83. The van der Waals surface area contributed by atoms with Crippen LogP contribution in [0.25, 0.3) is 0 Å². The molecule has 0 aromatic heterocycles. The van der Waals surface area contributed by atoms with Crippen LogP contribution in [-0.4, -0.2) is 13.1 Å². The second kappa shape index (κ2) is 7.46. The highest BCUT2D eigenvalue weighted by molar-refractivity contribution is 5.82. The van der Waals surface area contributed by atoms with Gasteiger partial charge in [-0.2, -0.15) is 0 Å². The molecule has 1 rings (SSSR count). The Kier molecular flexibility index (Phi) is 5.71. The summed E-state index contributed by atoms with van der Waals surface area (Å²) in [6.45, 7) is 0. The summed E-state index contributed by atoms with van der Waals surface area (Å²) in [7, 11) is 1.37. The molecule has 0 saturated carbocycles. The molecular formula is C14H16O2. The van der Waals surface area contributed by atoms with Crippen LogP contribution < -0.4 is 0 Å². The zero-order valence-electron chi connectivity index (χ0n) is 9.43. The van der Waals surface area contributed by atoms with Crippen LogP contribution >= 0.6 is 0 Å². The van der Waals surface area contributed by atoms with Crippen molar-refractivity contribution in [3.63, 3.8) is 0 Å². The van der Waals surface area contributed by atoms with Gasteiger partial charge in [0.05, 0.1) is 7.11 Å². The van der Waals surface area contributed by atoms with Crippen LogP contribution in [0.4, 0.5) is 0 Å². The van der Waals surface area contributed by atoms with E-state index in [0.29, 0.717) is 0 Å². The molecule has 16 heavy (non-hydrogen) atoms. The minimum atomic E-state index is -0.326. The molecule has 0 bridgehead atoms. The molecule has 0 saturated heterocycles. The Morgan fingerprint density at radius 1 is 1.25 bits per heavy atom. The van der Waals surface area contributed by atoms with E-state index in [1.165, 1.54) is 18.7 Å². The van der Waals surface area contributed by atoms with Gasteiger partial charge in [-0.15, -0.1) is 0 Å². The fourth-order valence-corrected chi connectivity index (χ4v) is 1.27. The Balaban J connectivity index is 2.23. The van der Waals surface area contributed by atoms with Crippen molar-refractivity contribution in [3.8, 4) is 0 Å². The first kappa shape index (κ1) is 12.2. The van der Waals surface area contributed by atoms with Gasteiger partial charge in [0.1, 0.15) is 0 Å². The molecule has 0 heterocycles. The van der Waals surface area contributed by atoms with Crippen molar-refractivity contribution in [3.05, 3.63) is 60.2 Å². The predicted octanol–water partition coefficient (Wildman–Crippen LogP) is 2.90. The van der Waals surface area contributed by atoms with Gasteiger partial charge in [-0.05, 0) is 18.4 Å². The number of esters is 1. The van der Waals surface area contributed by atoms with Crippen LogP contribution in [0.15, 0.2) is 54.6 Å². The van der Waals surface area contributed by atoms with Crippen molar-refractivity contribution in [2.24, 2.45) is 0 Å². The molecule has 1 aromatic carbocycles. The second-order valence-corrected chi connectivity index (χ2v) is 3.33. The lowest BCUT2D eigenvalue weighted by molar-refractivity contribution is -0.134. The second-order valence-electron chi connectivity index (χ2n) is 3.33. The van der Waals surface area contributed by atoms with Crippen molar-refractivity contribution < 1.29 is 9.53 Å². The molecule has 0 aliphatic carbocycles. The number of allylic oxidation sites excluding steroid dienone is 3. The van der Waals surface area contributed by atoms with E-state index in [1.54, 1.807) is 6.08 Å². The zero-order valence-corrected chi connectivity index (χ0v) is 9.43. The molecule has 0 aliphatic rings. The minimum Gasteiger partial charge on any atom is -0.466 e. The number of carbonyl (C=O) groups excluding carboxylic acids is 1. The Bertz CT molecular complexity index is 364. The van der Waals surface area contributed by atoms with Crippen LogP contribution in [-0.2, 0) is 16.0 Å². The number of ether oxygens (including phenoxy) is 1. The first-order valence-corrected chi connectivity index (χ1v) is 5.28. The monoisotopic (exact) mass is 216 g/mol. The summed E-state index contributed by atoms with van der Waals surface area (Å²) in [5.41, 5.74) is 1.32. The van der Waals surface area contributed by atoms with Gasteiger partial charge in [0.15, 0.2) is 0 Å². The Labute approximate surface area is 96.2 Å². The van der Waals surface area contributed by atoms with E-state index >= 15 is 0 Å². The molecule has 84 valence electrons. The summed E-state index contributed by atoms with van der Waals surface area (Å²) >= 11 is 0. The fourth-order valence-electron chi connectivity index (χ4n) is 1.27. The third kappa shape index (κ3) is 5.15. The highest BCUT2D eigenvalue weighted by Gasteiger charge is 1.88. The Morgan fingerprint density at radius 3 is 2.69 bits per heavy atom. The van der Waals surface area contributed by atoms with Crippen molar-refractivity contribution in [1.29, 1.82) is 0 Å². The van der Waals surface area contributed by atoms with Crippen molar-refractivity contribution in [2.45, 2.75) is 12.8 Å². The number of benzene rings is 1. The number of carbonyl (C=O) groups is 1. The quantitative estimate of drug-likeness (QED) is 0.430. The van der Waals surface area contributed by atoms with Crippen molar-refractivity contribution >= 4 is 5.97 Å². The first-order valence-electron chi connectivity index (χ1n) is 5.28. The smallest absolute Gasteiger partial charge is 0.330 e. The normalized spacial score (nSPS) is 11.1. The Morgan fingerprint density at radius 2 is 2.00 bits per heavy atom. The number of hydrogen-bond donors (Lipinski definition) is 0. The van der Waals surface area contributed by atoms with E-state index in [4.69, 9.17) is 0 Å². The van der Waals surface area contributed by atoms with Crippen LogP contribution in [0.2, 0.25) is 0 Å². The summed E-state index contributed by atoms with van der Waals surface area (Å²) in [4.78, 5) is 10.7. The summed E-state index contributed by atoms with van der Waals surface area (Å²) < 4.78 is 4.47. The van der Waals surface area contributed by atoms with Gasteiger partial charge >= 0.3 is 5.97 Å². The van der Waals surface area contributed by atoms with Crippen LogP contribution in [0.3, 0.4) is 0 Å². The van der Waals surface area contributed by atoms with E-state index in [1.807, 2.05) is 30.4 Å². The number of methoxy groups -OCH3 is 1. The predicted molar refractivity (Wildman–Crippen MR) is 65.1 cm³/mol. The number of rotatable bonds is 5. The third-order valence-corrected chi connectivity index (χ3v) is 2.12. The molecule has 0 unspecified atom stereocenters. The molecule has 0 atom stereocenters. The van der Waals surface area contributed by atoms with E-state index in [2.05, 4.69) is 16.9 Å². The molecule has 1 aromatic rings. The molecule has 0 fully saturated rings. The van der Waals surface area contributed by atoms with Crippen LogP contribution in [0, 0.1) is 0 Å². The van der Waals surface area contributed by atoms with Crippen LogP contribution in [0.5, 0.6) is 0 Å². The van der Waals surface area contributed by atoms with Crippen LogP contribution in [0.1, 0.15) is 12.0 Å². The highest BCUT2D eigenvalue weighted by atomic mass is 16.5. The minimum absolute atomic E-state index is 0.326. The van der Waals surface area contributed by atoms with Crippen molar-refractivity contribution in [2.75, 3.05) is 7.11 Å². The largest absolute Gasteiger partial charge is 0.466 e. The Hall–Kier alpha value is -1.83. The van der Waals surface area contributed by atoms with Gasteiger partial charge in [0, 0.05) is 6.08 Å². The molecule has 0 radical (unpaired) electrons. The van der Waals surface area contributed by atoms with Gasteiger partial charge in [-0.3, -0.25) is 0 Å². The average Bonchev–Trinajstić information content (AvgIpc) is 2.34. The van der Waals surface area contributed by atoms with E-state index in [9.17, 15) is 4.79 Å². The summed E-state index contributed by atoms with van der Waals surface area (Å²) in [5, 5.41) is 0. The topological polar surface area (TPSA) is 26.3 Å². The molecule has 0 amide bonds. The highest BCUT2D eigenvalue weighted by Crippen LogP contribution is 2.02. The molecule has 2 heteroatoms. The average molecular weight is 216 g/mol.